The molecule has 1 amide bonds. The number of hydrogen-bond acceptors (Lipinski definition) is 3. The average Bonchev–Trinajstić information content (AvgIpc) is 2.23. The first-order valence-electron chi connectivity index (χ1n) is 4.21. The largest absolute Gasteiger partial charge is 0.398 e. The van der Waals surface area contributed by atoms with E-state index in [-0.39, 0.29) is 5.56 Å². The van der Waals surface area contributed by atoms with Crippen molar-refractivity contribution < 1.29 is 4.79 Å². The maximum Gasteiger partial charge on any atom is 0.267 e. The molecule has 0 aromatic heterocycles. The van der Waals surface area contributed by atoms with Gasteiger partial charge < -0.3 is 5.73 Å². The van der Waals surface area contributed by atoms with Gasteiger partial charge in [-0.25, -0.2) is 5.84 Å². The van der Waals surface area contributed by atoms with E-state index in [1.54, 1.807) is 12.1 Å². The molecule has 0 atom stereocenters. The van der Waals surface area contributed by atoms with Crippen molar-refractivity contribution in [1.29, 1.82) is 0 Å². The molecule has 0 saturated heterocycles. The summed E-state index contributed by atoms with van der Waals surface area (Å²) in [6, 6.07) is 4.61. The summed E-state index contributed by atoms with van der Waals surface area (Å²) in [6.45, 7) is 4.00. The second-order valence-corrected chi connectivity index (χ2v) is 2.64. The normalized spacial score (nSPS) is 8.57. The van der Waals surface area contributed by atoms with E-state index >= 15 is 0 Å². The van der Waals surface area contributed by atoms with Gasteiger partial charge in [-0.1, -0.05) is 25.4 Å². The summed E-state index contributed by atoms with van der Waals surface area (Å²) < 4.78 is 0. The molecule has 0 aliphatic carbocycles. The summed E-state index contributed by atoms with van der Waals surface area (Å²) in [5, 5.41) is 0.447. The topological polar surface area (TPSA) is 81.1 Å². The molecule has 1 rings (SSSR count). The molecular weight excluding hydrogens is 202 g/mol. The number of rotatable bonds is 1. The van der Waals surface area contributed by atoms with Crippen molar-refractivity contribution in [2.45, 2.75) is 13.8 Å². The zero-order valence-corrected chi connectivity index (χ0v) is 8.93. The number of benzene rings is 1. The van der Waals surface area contributed by atoms with Crippen molar-refractivity contribution in [3.05, 3.63) is 28.8 Å². The molecule has 0 aliphatic heterocycles. The van der Waals surface area contributed by atoms with Crippen molar-refractivity contribution in [2.24, 2.45) is 5.84 Å². The van der Waals surface area contributed by atoms with Gasteiger partial charge in [0.2, 0.25) is 0 Å². The number of nitrogen functional groups attached to an aromatic ring is 2. The number of nitrogens with one attached hydrogen (secondary N) is 1. The van der Waals surface area contributed by atoms with Crippen LogP contribution in [0, 0.1) is 0 Å². The van der Waals surface area contributed by atoms with Crippen molar-refractivity contribution in [2.75, 3.05) is 5.73 Å². The van der Waals surface area contributed by atoms with E-state index in [2.05, 4.69) is 0 Å². The minimum Gasteiger partial charge on any atom is -0.398 e. The van der Waals surface area contributed by atoms with Crippen LogP contribution in [-0.4, -0.2) is 5.91 Å². The number of halogens is 1. The molecule has 0 bridgehead atoms. The Balaban J connectivity index is 0.000000791. The van der Waals surface area contributed by atoms with Crippen LogP contribution in [0.4, 0.5) is 5.69 Å². The van der Waals surface area contributed by atoms with Crippen molar-refractivity contribution in [3.8, 4) is 0 Å². The number of amides is 1. The van der Waals surface area contributed by atoms with Crippen LogP contribution in [0.5, 0.6) is 0 Å². The second-order valence-electron chi connectivity index (χ2n) is 2.21. The number of carbonyl (C=O) groups excluding carboxylic acids is 1. The Morgan fingerprint density at radius 3 is 2.50 bits per heavy atom. The Morgan fingerprint density at radius 1 is 1.43 bits per heavy atom. The van der Waals surface area contributed by atoms with Crippen LogP contribution >= 0.6 is 11.6 Å². The smallest absolute Gasteiger partial charge is 0.267 e. The zero-order chi connectivity index (χ0) is 11.1. The van der Waals surface area contributed by atoms with Crippen LogP contribution in [0.25, 0.3) is 0 Å². The Bertz CT molecular complexity index is 315. The second kappa shape index (κ2) is 6.23. The lowest BCUT2D eigenvalue weighted by Gasteiger charge is -2.03. The molecular formula is C9H14ClN3O. The van der Waals surface area contributed by atoms with Crippen molar-refractivity contribution in [1.82, 2.24) is 5.43 Å². The third-order valence-corrected chi connectivity index (χ3v) is 1.63. The summed E-state index contributed by atoms with van der Waals surface area (Å²) in [7, 11) is 0. The fourth-order valence-electron chi connectivity index (χ4n) is 0.803. The number of carbonyl (C=O) groups is 1. The molecule has 0 fully saturated rings. The van der Waals surface area contributed by atoms with Crippen LogP contribution in [0.2, 0.25) is 5.02 Å². The molecule has 5 N–H and O–H groups in total. The van der Waals surface area contributed by atoms with Crippen molar-refractivity contribution in [3.63, 3.8) is 0 Å². The molecule has 78 valence electrons. The molecule has 5 heteroatoms. The summed E-state index contributed by atoms with van der Waals surface area (Å²) in [5.41, 5.74) is 8.09. The van der Waals surface area contributed by atoms with Crippen molar-refractivity contribution >= 4 is 23.2 Å². The van der Waals surface area contributed by atoms with E-state index in [4.69, 9.17) is 23.2 Å². The predicted octanol–water partition coefficient (Wildman–Crippen LogP) is 1.55. The third-order valence-electron chi connectivity index (χ3n) is 1.39. The third kappa shape index (κ3) is 3.24. The average molecular weight is 216 g/mol. The van der Waals surface area contributed by atoms with E-state index in [1.807, 2.05) is 19.3 Å². The Morgan fingerprint density at radius 2 is 2.00 bits per heavy atom. The summed E-state index contributed by atoms with van der Waals surface area (Å²) in [5.74, 6) is 4.48. The molecule has 14 heavy (non-hydrogen) atoms. The molecule has 1 aromatic rings. The molecule has 1 aromatic carbocycles. The predicted molar refractivity (Wildman–Crippen MR) is 58.9 cm³/mol. The lowest BCUT2D eigenvalue weighted by molar-refractivity contribution is 0.0954. The fraction of sp³-hybridized carbons (Fsp3) is 0.222. The number of hydrogen-bond donors (Lipinski definition) is 3. The highest BCUT2D eigenvalue weighted by molar-refractivity contribution is 6.31. The maximum absolute atomic E-state index is 11.0. The van der Waals surface area contributed by atoms with Gasteiger partial charge in [0.15, 0.2) is 0 Å². The highest BCUT2D eigenvalue weighted by atomic mass is 35.5. The van der Waals surface area contributed by atoms with Gasteiger partial charge >= 0.3 is 0 Å². The Kier molecular flexibility index (Phi) is 5.67. The molecule has 0 unspecified atom stereocenters. The summed E-state index contributed by atoms with van der Waals surface area (Å²) >= 11 is 5.64. The van der Waals surface area contributed by atoms with Crippen LogP contribution in [-0.2, 0) is 0 Å². The zero-order valence-electron chi connectivity index (χ0n) is 8.17. The Hall–Kier alpha value is -1.26. The standard InChI is InChI=1S/C7H8ClN3O.C2H6/c8-4-1-2-6(9)5(3-4)7(12)11-10;1-2/h1-3H,9-10H2,(H,11,12);1-2H3. The van der Waals surface area contributed by atoms with E-state index < -0.39 is 5.91 Å². The molecule has 0 radical (unpaired) electrons. The maximum atomic E-state index is 11.0. The van der Waals surface area contributed by atoms with Crippen LogP contribution in [0.15, 0.2) is 18.2 Å². The molecule has 0 spiro atoms. The fourth-order valence-corrected chi connectivity index (χ4v) is 0.975. The minimum atomic E-state index is -0.449. The van der Waals surface area contributed by atoms with Gasteiger partial charge in [0, 0.05) is 10.7 Å². The summed E-state index contributed by atoms with van der Waals surface area (Å²) in [6.07, 6.45) is 0. The van der Waals surface area contributed by atoms with E-state index in [0.29, 0.717) is 10.7 Å². The van der Waals surface area contributed by atoms with Crippen LogP contribution in [0.1, 0.15) is 24.2 Å². The highest BCUT2D eigenvalue weighted by Gasteiger charge is 2.07. The molecule has 4 nitrogen and oxygen atoms in total. The quantitative estimate of drug-likeness (QED) is 0.288. The van der Waals surface area contributed by atoms with Gasteiger partial charge in [-0.05, 0) is 18.2 Å². The highest BCUT2D eigenvalue weighted by Crippen LogP contribution is 2.17. The van der Waals surface area contributed by atoms with Gasteiger partial charge in [0.1, 0.15) is 0 Å². The summed E-state index contributed by atoms with van der Waals surface area (Å²) in [4.78, 5) is 11.0. The SMILES string of the molecule is CC.NNC(=O)c1cc(Cl)ccc1N. The Labute approximate surface area is 88.2 Å². The first-order valence-corrected chi connectivity index (χ1v) is 4.59. The van der Waals surface area contributed by atoms with Gasteiger partial charge in [-0.3, -0.25) is 10.2 Å². The number of hydrazine groups is 1. The monoisotopic (exact) mass is 215 g/mol. The van der Waals surface area contributed by atoms with E-state index in [0.717, 1.165) is 0 Å². The van der Waals surface area contributed by atoms with Gasteiger partial charge in [0.25, 0.3) is 5.91 Å². The molecule has 0 aliphatic rings. The van der Waals surface area contributed by atoms with E-state index in [9.17, 15) is 4.79 Å². The molecule has 0 heterocycles. The first kappa shape index (κ1) is 12.7. The van der Waals surface area contributed by atoms with Crippen LogP contribution in [0.3, 0.4) is 0 Å². The number of nitrogens with two attached hydrogens (primary N) is 2. The van der Waals surface area contributed by atoms with Crippen LogP contribution < -0.4 is 17.0 Å². The minimum absolute atomic E-state index is 0.282. The number of anilines is 1. The lowest BCUT2D eigenvalue weighted by Crippen LogP contribution is -2.30. The van der Waals surface area contributed by atoms with Gasteiger partial charge in [0.05, 0.1) is 5.56 Å². The van der Waals surface area contributed by atoms with E-state index in [1.165, 1.54) is 6.07 Å². The van der Waals surface area contributed by atoms with Gasteiger partial charge in [-0.15, -0.1) is 0 Å². The lowest BCUT2D eigenvalue weighted by atomic mass is 10.2. The first-order chi connectivity index (χ1) is 6.65. The van der Waals surface area contributed by atoms with Gasteiger partial charge in [-0.2, -0.15) is 0 Å². The molecule has 0 saturated carbocycles.